The summed E-state index contributed by atoms with van der Waals surface area (Å²) >= 11 is 1.60. The number of sulfonamides is 1. The summed E-state index contributed by atoms with van der Waals surface area (Å²) in [4.78, 5) is 1.38. The van der Waals surface area contributed by atoms with Crippen LogP contribution in [-0.2, 0) is 16.4 Å². The van der Waals surface area contributed by atoms with Crippen molar-refractivity contribution in [3.05, 3.63) is 54.1 Å². The molecule has 0 N–H and O–H groups in total. The highest BCUT2D eigenvalue weighted by Gasteiger charge is 2.24. The van der Waals surface area contributed by atoms with Crippen LogP contribution in [0.25, 0.3) is 0 Å². The predicted octanol–water partition coefficient (Wildman–Crippen LogP) is 4.19. The number of rotatable bonds is 6. The maximum atomic E-state index is 13.0. The van der Waals surface area contributed by atoms with Gasteiger partial charge in [0.05, 0.1) is 10.6 Å². The molecule has 0 aliphatic heterocycles. The fourth-order valence-electron chi connectivity index (χ4n) is 2.40. The van der Waals surface area contributed by atoms with Crippen molar-refractivity contribution in [2.45, 2.75) is 30.1 Å². The molecule has 0 unspecified atom stereocenters. The summed E-state index contributed by atoms with van der Waals surface area (Å²) in [6.45, 7) is 4.30. The number of hydrogen-bond acceptors (Lipinski definition) is 3. The minimum Gasteiger partial charge on any atom is -0.266 e. The van der Waals surface area contributed by atoms with Gasteiger partial charge in [0.15, 0.2) is 0 Å². The van der Waals surface area contributed by atoms with Gasteiger partial charge in [0, 0.05) is 11.4 Å². The molecule has 0 heterocycles. The molecule has 2 aromatic carbocycles. The number of para-hydroxylation sites is 1. The molecule has 0 spiro atoms. The first-order valence-corrected chi connectivity index (χ1v) is 9.95. The summed E-state index contributed by atoms with van der Waals surface area (Å²) < 4.78 is 27.4. The molecule has 0 fully saturated rings. The van der Waals surface area contributed by atoms with Gasteiger partial charge in [-0.15, -0.1) is 11.8 Å². The Morgan fingerprint density at radius 1 is 1.00 bits per heavy atom. The number of hydrogen-bond donors (Lipinski definition) is 0. The Labute approximate surface area is 137 Å². The normalized spacial score (nSPS) is 11.4. The highest BCUT2D eigenvalue weighted by atomic mass is 32.2. The minimum atomic E-state index is -3.54. The van der Waals surface area contributed by atoms with Gasteiger partial charge in [-0.1, -0.05) is 25.1 Å². The second-order valence-corrected chi connectivity index (χ2v) is 7.57. The van der Waals surface area contributed by atoms with E-state index in [1.54, 1.807) is 23.9 Å². The van der Waals surface area contributed by atoms with Crippen molar-refractivity contribution in [1.82, 2.24) is 0 Å². The zero-order valence-corrected chi connectivity index (χ0v) is 14.7. The summed E-state index contributed by atoms with van der Waals surface area (Å²) in [6.07, 6.45) is 2.77. The summed E-state index contributed by atoms with van der Waals surface area (Å²) in [5.74, 6) is 0. The van der Waals surface area contributed by atoms with Gasteiger partial charge in [-0.3, -0.25) is 4.31 Å². The van der Waals surface area contributed by atoms with Gasteiger partial charge in [0.2, 0.25) is 0 Å². The first-order chi connectivity index (χ1) is 10.5. The second-order valence-electron chi connectivity index (χ2n) is 4.83. The summed E-state index contributed by atoms with van der Waals surface area (Å²) in [7, 11) is -3.54. The summed E-state index contributed by atoms with van der Waals surface area (Å²) in [5.41, 5.74) is 1.80. The lowest BCUT2D eigenvalue weighted by Gasteiger charge is -2.25. The Bertz CT molecular complexity index is 725. The lowest BCUT2D eigenvalue weighted by atomic mass is 10.1. The van der Waals surface area contributed by atoms with Crippen molar-refractivity contribution >= 4 is 27.5 Å². The monoisotopic (exact) mass is 335 g/mol. The topological polar surface area (TPSA) is 37.4 Å². The first kappa shape index (κ1) is 16.9. The van der Waals surface area contributed by atoms with Gasteiger partial charge in [-0.2, -0.15) is 0 Å². The molecule has 0 aliphatic carbocycles. The third kappa shape index (κ3) is 3.31. The van der Waals surface area contributed by atoms with Crippen LogP contribution in [0.4, 0.5) is 5.69 Å². The fourth-order valence-corrected chi connectivity index (χ4v) is 4.32. The quantitative estimate of drug-likeness (QED) is 0.743. The van der Waals surface area contributed by atoms with Crippen LogP contribution >= 0.6 is 11.8 Å². The Kier molecular flexibility index (Phi) is 5.53. The first-order valence-electron chi connectivity index (χ1n) is 7.29. The predicted molar refractivity (Wildman–Crippen MR) is 94.2 cm³/mol. The molecule has 22 heavy (non-hydrogen) atoms. The SMILES string of the molecule is CCc1ccccc1N(CC)S(=O)(=O)c1ccc(SC)cc1. The van der Waals surface area contributed by atoms with E-state index < -0.39 is 10.0 Å². The Balaban J connectivity index is 2.48. The standard InChI is InChI=1S/C17H21NO2S2/c1-4-14-8-6-7-9-17(14)18(5-2)22(19,20)16-12-10-15(21-3)11-13-16/h6-13H,4-5H2,1-3H3. The van der Waals surface area contributed by atoms with Crippen LogP contribution in [0.15, 0.2) is 58.3 Å². The minimum absolute atomic E-state index is 0.332. The molecular formula is C17H21NO2S2. The van der Waals surface area contributed by atoms with E-state index in [2.05, 4.69) is 0 Å². The van der Waals surface area contributed by atoms with Gasteiger partial charge in [-0.05, 0) is 55.5 Å². The van der Waals surface area contributed by atoms with E-state index in [4.69, 9.17) is 0 Å². The average molecular weight is 335 g/mol. The molecule has 118 valence electrons. The number of aryl methyl sites for hydroxylation is 1. The molecule has 0 aliphatic rings. The average Bonchev–Trinajstić information content (AvgIpc) is 2.55. The van der Waals surface area contributed by atoms with Crippen LogP contribution in [0.2, 0.25) is 0 Å². The smallest absolute Gasteiger partial charge is 0.264 e. The highest BCUT2D eigenvalue weighted by molar-refractivity contribution is 7.98. The van der Waals surface area contributed by atoms with Crippen LogP contribution in [-0.4, -0.2) is 21.2 Å². The van der Waals surface area contributed by atoms with E-state index in [1.807, 2.05) is 56.5 Å². The Morgan fingerprint density at radius 3 is 2.18 bits per heavy atom. The third-order valence-corrected chi connectivity index (χ3v) is 6.22. The largest absolute Gasteiger partial charge is 0.266 e. The molecule has 0 saturated heterocycles. The lowest BCUT2D eigenvalue weighted by Crippen LogP contribution is -2.31. The van der Waals surface area contributed by atoms with Gasteiger partial charge < -0.3 is 0 Å². The molecule has 0 bridgehead atoms. The molecular weight excluding hydrogens is 314 g/mol. The Hall–Kier alpha value is -1.46. The van der Waals surface area contributed by atoms with E-state index in [0.717, 1.165) is 22.6 Å². The van der Waals surface area contributed by atoms with Crippen molar-refractivity contribution in [2.75, 3.05) is 17.1 Å². The van der Waals surface area contributed by atoms with Crippen LogP contribution in [0, 0.1) is 0 Å². The van der Waals surface area contributed by atoms with Crippen LogP contribution in [0.3, 0.4) is 0 Å². The third-order valence-electron chi connectivity index (χ3n) is 3.58. The van der Waals surface area contributed by atoms with Crippen LogP contribution in [0.5, 0.6) is 0 Å². The maximum Gasteiger partial charge on any atom is 0.264 e. The van der Waals surface area contributed by atoms with Crippen LogP contribution in [0.1, 0.15) is 19.4 Å². The number of thioether (sulfide) groups is 1. The second kappa shape index (κ2) is 7.20. The van der Waals surface area contributed by atoms with E-state index in [1.165, 1.54) is 4.31 Å². The molecule has 5 heteroatoms. The molecule has 0 amide bonds. The van der Waals surface area contributed by atoms with E-state index in [9.17, 15) is 8.42 Å². The van der Waals surface area contributed by atoms with Gasteiger partial charge in [0.1, 0.15) is 0 Å². The highest BCUT2D eigenvalue weighted by Crippen LogP contribution is 2.28. The van der Waals surface area contributed by atoms with Gasteiger partial charge >= 0.3 is 0 Å². The summed E-state index contributed by atoms with van der Waals surface area (Å²) in [6, 6.07) is 14.7. The van der Waals surface area contributed by atoms with Gasteiger partial charge in [-0.25, -0.2) is 8.42 Å². The van der Waals surface area contributed by atoms with Crippen molar-refractivity contribution in [3.63, 3.8) is 0 Å². The lowest BCUT2D eigenvalue weighted by molar-refractivity contribution is 0.591. The zero-order valence-electron chi connectivity index (χ0n) is 13.1. The Morgan fingerprint density at radius 2 is 1.64 bits per heavy atom. The van der Waals surface area contributed by atoms with E-state index in [0.29, 0.717) is 11.4 Å². The molecule has 2 aromatic rings. The fraction of sp³-hybridized carbons (Fsp3) is 0.294. The maximum absolute atomic E-state index is 13.0. The number of nitrogens with zero attached hydrogens (tertiary/aromatic N) is 1. The molecule has 3 nitrogen and oxygen atoms in total. The van der Waals surface area contributed by atoms with Crippen molar-refractivity contribution in [1.29, 1.82) is 0 Å². The molecule has 0 aromatic heterocycles. The van der Waals surface area contributed by atoms with E-state index in [-0.39, 0.29) is 0 Å². The molecule has 0 atom stereocenters. The number of benzene rings is 2. The number of anilines is 1. The van der Waals surface area contributed by atoms with Crippen molar-refractivity contribution in [2.24, 2.45) is 0 Å². The summed E-state index contributed by atoms with van der Waals surface area (Å²) in [5, 5.41) is 0. The zero-order chi connectivity index (χ0) is 16.2. The molecule has 0 saturated carbocycles. The van der Waals surface area contributed by atoms with Crippen molar-refractivity contribution < 1.29 is 8.42 Å². The van der Waals surface area contributed by atoms with Crippen molar-refractivity contribution in [3.8, 4) is 0 Å². The molecule has 0 radical (unpaired) electrons. The van der Waals surface area contributed by atoms with Crippen LogP contribution < -0.4 is 4.31 Å². The van der Waals surface area contributed by atoms with E-state index >= 15 is 0 Å². The molecule has 2 rings (SSSR count). The van der Waals surface area contributed by atoms with Gasteiger partial charge in [0.25, 0.3) is 10.0 Å².